The number of hydrogen-bond acceptors (Lipinski definition) is 6. The molecule has 3 aromatic rings. The van der Waals surface area contributed by atoms with Crippen LogP contribution < -0.4 is 0 Å². The number of thioether (sulfide) groups is 1. The second-order valence-electron chi connectivity index (χ2n) is 9.21. The molecule has 0 amide bonds. The highest BCUT2D eigenvalue weighted by atomic mass is 35.5. The number of halogens is 5. The summed E-state index contributed by atoms with van der Waals surface area (Å²) in [4.78, 5) is 6.47. The average Bonchev–Trinajstić information content (AvgIpc) is 3.07. The maximum absolute atomic E-state index is 14.4. The number of alkyl halides is 3. The molecule has 0 unspecified atom stereocenters. The van der Waals surface area contributed by atoms with Crippen LogP contribution in [0.15, 0.2) is 34.2 Å². The third-order valence-electron chi connectivity index (χ3n) is 6.99. The lowest BCUT2D eigenvalue weighted by Crippen LogP contribution is -2.23. The van der Waals surface area contributed by atoms with Gasteiger partial charge in [0.15, 0.2) is 17.3 Å². The van der Waals surface area contributed by atoms with Crippen LogP contribution in [-0.4, -0.2) is 50.0 Å². The standard InChI is InChI=1S/C23H25F4N5OS.ClH/c1-14-19(33-13-28-14)20-29-30-21(31(20)2)34-9-3-7-32-8-6-22(12-32)11-17(22)16-5-4-15(10-18(16)24)23(25,26)27;/h4-5,10,13,17H,3,6-9,11-12H2,1-2H3;1H/t17-,22+;/m1./s1. The molecule has 2 aromatic heterocycles. The highest BCUT2D eigenvalue weighted by molar-refractivity contribution is 7.99. The van der Waals surface area contributed by atoms with Crippen molar-refractivity contribution < 1.29 is 22.0 Å². The Kier molecular flexibility index (Phi) is 7.23. The van der Waals surface area contributed by atoms with E-state index < -0.39 is 17.6 Å². The van der Waals surface area contributed by atoms with Crippen molar-refractivity contribution in [3.63, 3.8) is 0 Å². The van der Waals surface area contributed by atoms with Gasteiger partial charge in [0.25, 0.3) is 0 Å². The molecular weight excluding hydrogens is 506 g/mol. The number of likely N-dealkylation sites (tertiary alicyclic amines) is 1. The Labute approximate surface area is 210 Å². The SMILES string of the molecule is Cc1ncoc1-c1nnc(SCCCN2CC[C@]3(C[C@@H]3c3ccc(C(F)(F)F)cc3F)C2)n1C.Cl. The lowest BCUT2D eigenvalue weighted by Gasteiger charge is -2.16. The number of nitrogens with zero attached hydrogens (tertiary/aromatic N) is 5. The molecule has 0 bridgehead atoms. The number of hydrogen-bond donors (Lipinski definition) is 0. The minimum Gasteiger partial charge on any atom is -0.440 e. The molecular formula is C23H26ClF4N5OS. The molecule has 5 rings (SSSR count). The quantitative estimate of drug-likeness (QED) is 0.221. The van der Waals surface area contributed by atoms with Crippen molar-refractivity contribution in [2.75, 3.05) is 25.4 Å². The Morgan fingerprint density at radius 3 is 2.74 bits per heavy atom. The van der Waals surface area contributed by atoms with Gasteiger partial charge in [-0.25, -0.2) is 9.37 Å². The zero-order valence-electron chi connectivity index (χ0n) is 19.3. The molecule has 1 saturated heterocycles. The van der Waals surface area contributed by atoms with E-state index in [1.807, 2.05) is 18.5 Å². The minimum absolute atomic E-state index is 0. The van der Waals surface area contributed by atoms with Crippen LogP contribution in [0.25, 0.3) is 11.6 Å². The summed E-state index contributed by atoms with van der Waals surface area (Å²) in [6.07, 6.45) is -0.378. The fourth-order valence-corrected chi connectivity index (χ4v) is 5.84. The Balaban J connectivity index is 0.00000289. The highest BCUT2D eigenvalue weighted by Gasteiger charge is 2.58. The highest BCUT2D eigenvalue weighted by Crippen LogP contribution is 2.64. The van der Waals surface area contributed by atoms with Gasteiger partial charge in [0.05, 0.1) is 11.3 Å². The number of benzene rings is 1. The summed E-state index contributed by atoms with van der Waals surface area (Å²) in [6.45, 7) is 4.58. The lowest BCUT2D eigenvalue weighted by molar-refractivity contribution is -0.137. The molecule has 0 radical (unpaired) electrons. The molecule has 0 N–H and O–H groups in total. The van der Waals surface area contributed by atoms with Crippen LogP contribution in [0, 0.1) is 18.2 Å². The van der Waals surface area contributed by atoms with Gasteiger partial charge in [0.1, 0.15) is 5.82 Å². The van der Waals surface area contributed by atoms with Crippen molar-refractivity contribution in [1.29, 1.82) is 0 Å². The first-order valence-electron chi connectivity index (χ1n) is 11.2. The number of aryl methyl sites for hydroxylation is 1. The monoisotopic (exact) mass is 531 g/mol. The first kappa shape index (κ1) is 26.0. The van der Waals surface area contributed by atoms with Crippen LogP contribution >= 0.6 is 24.2 Å². The number of oxazole rings is 1. The topological polar surface area (TPSA) is 60.0 Å². The molecule has 3 heterocycles. The van der Waals surface area contributed by atoms with Gasteiger partial charge >= 0.3 is 6.18 Å². The largest absolute Gasteiger partial charge is 0.440 e. The van der Waals surface area contributed by atoms with E-state index in [2.05, 4.69) is 20.1 Å². The summed E-state index contributed by atoms with van der Waals surface area (Å²) in [6, 6.07) is 2.95. The predicted molar refractivity (Wildman–Crippen MR) is 126 cm³/mol. The maximum atomic E-state index is 14.4. The fourth-order valence-electron chi connectivity index (χ4n) is 5.01. The van der Waals surface area contributed by atoms with E-state index in [4.69, 9.17) is 4.42 Å². The van der Waals surface area contributed by atoms with Gasteiger partial charge in [0, 0.05) is 19.3 Å². The summed E-state index contributed by atoms with van der Waals surface area (Å²) >= 11 is 1.63. The van der Waals surface area contributed by atoms with Crippen molar-refractivity contribution in [2.24, 2.45) is 12.5 Å². The molecule has 12 heteroatoms. The predicted octanol–water partition coefficient (Wildman–Crippen LogP) is 5.72. The van der Waals surface area contributed by atoms with Crippen molar-refractivity contribution in [3.8, 4) is 11.6 Å². The second-order valence-corrected chi connectivity index (χ2v) is 10.3. The zero-order chi connectivity index (χ0) is 24.1. The van der Waals surface area contributed by atoms with Crippen molar-refractivity contribution in [3.05, 3.63) is 47.2 Å². The van der Waals surface area contributed by atoms with Crippen molar-refractivity contribution in [2.45, 2.75) is 43.4 Å². The molecule has 1 spiro atoms. The van der Waals surface area contributed by atoms with Gasteiger partial charge in [-0.3, -0.25) is 0 Å². The van der Waals surface area contributed by atoms with Gasteiger partial charge in [-0.05, 0) is 68.3 Å². The van der Waals surface area contributed by atoms with Crippen LogP contribution in [0.2, 0.25) is 0 Å². The normalized spacial score (nSPS) is 22.1. The molecule has 190 valence electrons. The second kappa shape index (κ2) is 9.74. The summed E-state index contributed by atoms with van der Waals surface area (Å²) < 4.78 is 60.2. The fraction of sp³-hybridized carbons (Fsp3) is 0.522. The average molecular weight is 532 g/mol. The molecule has 2 atom stereocenters. The van der Waals surface area contributed by atoms with E-state index in [1.165, 1.54) is 12.5 Å². The first-order valence-corrected chi connectivity index (χ1v) is 12.2. The van der Waals surface area contributed by atoms with Gasteiger partial charge < -0.3 is 13.9 Å². The zero-order valence-corrected chi connectivity index (χ0v) is 20.9. The summed E-state index contributed by atoms with van der Waals surface area (Å²) in [5, 5.41) is 9.29. The Hall–Kier alpha value is -2.11. The van der Waals surface area contributed by atoms with E-state index in [1.54, 1.807) is 11.8 Å². The van der Waals surface area contributed by atoms with Crippen LogP contribution in [0.4, 0.5) is 17.6 Å². The van der Waals surface area contributed by atoms with Gasteiger partial charge in [-0.2, -0.15) is 13.2 Å². The van der Waals surface area contributed by atoms with Gasteiger partial charge in [0.2, 0.25) is 5.82 Å². The van der Waals surface area contributed by atoms with E-state index >= 15 is 0 Å². The Bertz CT molecular complexity index is 1200. The van der Waals surface area contributed by atoms with Crippen molar-refractivity contribution in [1.82, 2.24) is 24.6 Å². The number of rotatable bonds is 7. The van der Waals surface area contributed by atoms with E-state index in [0.717, 1.165) is 61.6 Å². The van der Waals surface area contributed by atoms with Crippen LogP contribution in [0.1, 0.15) is 42.0 Å². The Morgan fingerprint density at radius 2 is 2.06 bits per heavy atom. The van der Waals surface area contributed by atoms with Crippen LogP contribution in [0.5, 0.6) is 0 Å². The third kappa shape index (κ3) is 5.08. The van der Waals surface area contributed by atoms with E-state index in [0.29, 0.717) is 23.2 Å². The van der Waals surface area contributed by atoms with E-state index in [-0.39, 0.29) is 23.7 Å². The molecule has 1 aromatic carbocycles. The van der Waals surface area contributed by atoms with Crippen LogP contribution in [-0.2, 0) is 13.2 Å². The minimum atomic E-state index is -4.52. The molecule has 2 aliphatic rings. The smallest absolute Gasteiger partial charge is 0.416 e. The van der Waals surface area contributed by atoms with Crippen molar-refractivity contribution >= 4 is 24.2 Å². The molecule has 6 nitrogen and oxygen atoms in total. The molecule has 35 heavy (non-hydrogen) atoms. The summed E-state index contributed by atoms with van der Waals surface area (Å²) in [5.41, 5.74) is 0.260. The lowest BCUT2D eigenvalue weighted by atomic mass is 9.97. The maximum Gasteiger partial charge on any atom is 0.416 e. The summed E-state index contributed by atoms with van der Waals surface area (Å²) in [5.74, 6) is 1.41. The molecule has 1 saturated carbocycles. The summed E-state index contributed by atoms with van der Waals surface area (Å²) in [7, 11) is 1.90. The third-order valence-corrected chi connectivity index (χ3v) is 8.10. The van der Waals surface area contributed by atoms with Gasteiger partial charge in [-0.15, -0.1) is 22.6 Å². The number of aromatic nitrogens is 4. The van der Waals surface area contributed by atoms with E-state index in [9.17, 15) is 17.6 Å². The van der Waals surface area contributed by atoms with Crippen LogP contribution in [0.3, 0.4) is 0 Å². The van der Waals surface area contributed by atoms with Gasteiger partial charge in [-0.1, -0.05) is 17.8 Å². The Morgan fingerprint density at radius 1 is 1.26 bits per heavy atom. The molecule has 1 aliphatic heterocycles. The molecule has 2 fully saturated rings. The molecule has 1 aliphatic carbocycles. The first-order chi connectivity index (χ1) is 16.2.